The van der Waals surface area contributed by atoms with E-state index in [0.717, 1.165) is 18.4 Å². The van der Waals surface area contributed by atoms with E-state index in [4.69, 9.17) is 10.5 Å². The molecule has 0 aromatic heterocycles. The Morgan fingerprint density at radius 3 is 2.56 bits per heavy atom. The van der Waals surface area contributed by atoms with Crippen molar-refractivity contribution in [3.63, 3.8) is 0 Å². The predicted molar refractivity (Wildman–Crippen MR) is 97.8 cm³/mol. The van der Waals surface area contributed by atoms with Crippen molar-refractivity contribution < 1.29 is 14.3 Å². The number of nitrogen functional groups attached to an aromatic ring is 1. The largest absolute Gasteiger partial charge is 0.444 e. The molecule has 1 aromatic carbocycles. The number of piperidine rings is 1. The number of amides is 2. The van der Waals surface area contributed by atoms with Gasteiger partial charge in [-0.25, -0.2) is 4.79 Å². The summed E-state index contributed by atoms with van der Waals surface area (Å²) in [6, 6.07) is 7.50. The summed E-state index contributed by atoms with van der Waals surface area (Å²) in [5.41, 5.74) is 6.95. The Bertz CT molecular complexity index is 602. The third-order valence-electron chi connectivity index (χ3n) is 4.18. The highest BCUT2D eigenvalue weighted by atomic mass is 16.6. The summed E-state index contributed by atoms with van der Waals surface area (Å²) in [5.74, 6) is 0.345. The highest BCUT2D eigenvalue weighted by Crippen LogP contribution is 2.22. The van der Waals surface area contributed by atoms with Gasteiger partial charge >= 0.3 is 6.09 Å². The molecule has 2 rings (SSSR count). The summed E-state index contributed by atoms with van der Waals surface area (Å²) in [6.45, 7) is 7.36. The average Bonchev–Trinajstić information content (AvgIpc) is 2.52. The molecule has 1 aliphatic rings. The molecular formula is C19H29N3O3. The summed E-state index contributed by atoms with van der Waals surface area (Å²) >= 11 is 0. The van der Waals surface area contributed by atoms with Gasteiger partial charge < -0.3 is 20.7 Å². The van der Waals surface area contributed by atoms with Gasteiger partial charge in [-0.2, -0.15) is 0 Å². The highest BCUT2D eigenvalue weighted by Gasteiger charge is 2.27. The number of likely N-dealkylation sites (tertiary alicyclic amines) is 1. The first-order valence-corrected chi connectivity index (χ1v) is 8.82. The number of carbonyl (C=O) groups is 2. The van der Waals surface area contributed by atoms with Gasteiger partial charge in [-0.1, -0.05) is 12.1 Å². The maximum absolute atomic E-state index is 12.1. The first-order chi connectivity index (χ1) is 11.7. The van der Waals surface area contributed by atoms with Gasteiger partial charge in [-0.15, -0.1) is 0 Å². The molecule has 0 bridgehead atoms. The first-order valence-electron chi connectivity index (χ1n) is 8.82. The van der Waals surface area contributed by atoms with Crippen LogP contribution < -0.4 is 11.1 Å². The Kier molecular flexibility index (Phi) is 6.28. The Balaban J connectivity index is 1.70. The van der Waals surface area contributed by atoms with Crippen LogP contribution in [0.25, 0.3) is 0 Å². The number of anilines is 1. The number of hydrogen-bond donors (Lipinski definition) is 2. The van der Waals surface area contributed by atoms with E-state index < -0.39 is 5.60 Å². The van der Waals surface area contributed by atoms with Crippen LogP contribution in [0, 0.1) is 5.92 Å². The normalized spacial score (nSPS) is 15.7. The van der Waals surface area contributed by atoms with Crippen LogP contribution in [0.4, 0.5) is 10.5 Å². The van der Waals surface area contributed by atoms with Gasteiger partial charge in [0.15, 0.2) is 0 Å². The molecule has 0 aliphatic carbocycles. The third-order valence-corrected chi connectivity index (χ3v) is 4.18. The lowest BCUT2D eigenvalue weighted by Crippen LogP contribution is -2.42. The van der Waals surface area contributed by atoms with E-state index in [1.807, 2.05) is 45.0 Å². The zero-order valence-electron chi connectivity index (χ0n) is 15.4. The van der Waals surface area contributed by atoms with Crippen LogP contribution in [0.15, 0.2) is 24.3 Å². The molecule has 0 radical (unpaired) electrons. The number of nitrogens with one attached hydrogen (secondary N) is 1. The van der Waals surface area contributed by atoms with E-state index in [0.29, 0.717) is 37.7 Å². The maximum atomic E-state index is 12.1. The lowest BCUT2D eigenvalue weighted by Gasteiger charge is -2.33. The minimum absolute atomic E-state index is 0.0399. The smallest absolute Gasteiger partial charge is 0.410 e. The standard InChI is InChI=1S/C19H29N3O3/c1-19(2,3)25-18(24)22-9-7-14(8-10-22)12-17(23)21-13-15-5-4-6-16(20)11-15/h4-6,11,14H,7-10,12-13,20H2,1-3H3,(H,21,23). The fourth-order valence-corrected chi connectivity index (χ4v) is 2.88. The van der Waals surface area contributed by atoms with E-state index in [2.05, 4.69) is 5.32 Å². The molecule has 1 heterocycles. The van der Waals surface area contributed by atoms with Crippen molar-refractivity contribution in [3.8, 4) is 0 Å². The Labute approximate surface area is 149 Å². The zero-order chi connectivity index (χ0) is 18.4. The van der Waals surface area contributed by atoms with Crippen LogP contribution in [0.3, 0.4) is 0 Å². The van der Waals surface area contributed by atoms with Crippen molar-refractivity contribution >= 4 is 17.7 Å². The number of carbonyl (C=O) groups excluding carboxylic acids is 2. The summed E-state index contributed by atoms with van der Waals surface area (Å²) in [6.07, 6.45) is 1.87. The Morgan fingerprint density at radius 1 is 1.28 bits per heavy atom. The molecule has 3 N–H and O–H groups in total. The molecule has 6 nitrogen and oxygen atoms in total. The number of benzene rings is 1. The molecule has 1 saturated heterocycles. The van der Waals surface area contributed by atoms with Crippen LogP contribution >= 0.6 is 0 Å². The number of rotatable bonds is 4. The van der Waals surface area contributed by atoms with Crippen molar-refractivity contribution in [2.75, 3.05) is 18.8 Å². The number of hydrogen-bond acceptors (Lipinski definition) is 4. The molecule has 1 aliphatic heterocycles. The van der Waals surface area contributed by atoms with Crippen molar-refractivity contribution in [1.82, 2.24) is 10.2 Å². The average molecular weight is 347 g/mol. The minimum Gasteiger partial charge on any atom is -0.444 e. The second-order valence-electron chi connectivity index (χ2n) is 7.64. The molecule has 0 saturated carbocycles. The molecule has 2 amide bonds. The molecule has 25 heavy (non-hydrogen) atoms. The molecule has 0 atom stereocenters. The van der Waals surface area contributed by atoms with Crippen molar-refractivity contribution in [1.29, 1.82) is 0 Å². The zero-order valence-corrected chi connectivity index (χ0v) is 15.4. The summed E-state index contributed by atoms with van der Waals surface area (Å²) < 4.78 is 5.39. The lowest BCUT2D eigenvalue weighted by atomic mass is 9.93. The van der Waals surface area contributed by atoms with Gasteiger partial charge in [0.05, 0.1) is 0 Å². The molecule has 6 heteroatoms. The van der Waals surface area contributed by atoms with Crippen LogP contribution in [0.5, 0.6) is 0 Å². The van der Waals surface area contributed by atoms with E-state index >= 15 is 0 Å². The van der Waals surface area contributed by atoms with Crippen LogP contribution in [-0.2, 0) is 16.1 Å². The first kappa shape index (κ1) is 19.1. The molecular weight excluding hydrogens is 318 g/mol. The third kappa shape index (κ3) is 6.64. The minimum atomic E-state index is -0.478. The molecule has 1 aromatic rings. The maximum Gasteiger partial charge on any atom is 0.410 e. The number of ether oxygens (including phenoxy) is 1. The summed E-state index contributed by atoms with van der Waals surface area (Å²) in [5, 5.41) is 2.94. The van der Waals surface area contributed by atoms with Crippen LogP contribution in [0.2, 0.25) is 0 Å². The van der Waals surface area contributed by atoms with Crippen molar-refractivity contribution in [2.45, 2.75) is 52.2 Å². The van der Waals surface area contributed by atoms with Gasteiger partial charge in [0.1, 0.15) is 5.60 Å². The molecule has 138 valence electrons. The molecule has 0 spiro atoms. The molecule has 0 unspecified atom stereocenters. The van der Waals surface area contributed by atoms with Crippen molar-refractivity contribution in [2.24, 2.45) is 5.92 Å². The van der Waals surface area contributed by atoms with Gasteiger partial charge in [-0.05, 0) is 57.2 Å². The SMILES string of the molecule is CC(C)(C)OC(=O)N1CCC(CC(=O)NCc2cccc(N)c2)CC1. The summed E-state index contributed by atoms with van der Waals surface area (Å²) in [7, 11) is 0. The topological polar surface area (TPSA) is 84.7 Å². The van der Waals surface area contributed by atoms with Gasteiger partial charge in [-0.3, -0.25) is 4.79 Å². The monoisotopic (exact) mass is 347 g/mol. The Hall–Kier alpha value is -2.24. The van der Waals surface area contributed by atoms with Crippen LogP contribution in [0.1, 0.15) is 45.6 Å². The highest BCUT2D eigenvalue weighted by molar-refractivity contribution is 5.76. The molecule has 1 fully saturated rings. The van der Waals surface area contributed by atoms with Gasteiger partial charge in [0, 0.05) is 31.7 Å². The number of nitrogens with two attached hydrogens (primary N) is 1. The summed E-state index contributed by atoms with van der Waals surface area (Å²) in [4.78, 5) is 25.9. The van der Waals surface area contributed by atoms with Crippen molar-refractivity contribution in [3.05, 3.63) is 29.8 Å². The Morgan fingerprint density at radius 2 is 1.96 bits per heavy atom. The van der Waals surface area contributed by atoms with E-state index in [1.165, 1.54) is 0 Å². The van der Waals surface area contributed by atoms with Gasteiger partial charge in [0.25, 0.3) is 0 Å². The quantitative estimate of drug-likeness (QED) is 0.820. The second kappa shape index (κ2) is 8.23. The number of nitrogens with zero attached hydrogens (tertiary/aromatic N) is 1. The predicted octanol–water partition coefficient (Wildman–Crippen LogP) is 2.92. The van der Waals surface area contributed by atoms with E-state index in [9.17, 15) is 9.59 Å². The lowest BCUT2D eigenvalue weighted by molar-refractivity contribution is -0.122. The van der Waals surface area contributed by atoms with Gasteiger partial charge in [0.2, 0.25) is 5.91 Å². The van der Waals surface area contributed by atoms with E-state index in [-0.39, 0.29) is 12.0 Å². The fourth-order valence-electron chi connectivity index (χ4n) is 2.88. The fraction of sp³-hybridized carbons (Fsp3) is 0.579. The second-order valence-corrected chi connectivity index (χ2v) is 7.64. The van der Waals surface area contributed by atoms with Crippen LogP contribution in [-0.4, -0.2) is 35.6 Å². The van der Waals surface area contributed by atoms with E-state index in [1.54, 1.807) is 4.90 Å².